The Balaban J connectivity index is 2.24. The van der Waals surface area contributed by atoms with Gasteiger partial charge >= 0.3 is 6.09 Å². The first-order valence-electron chi connectivity index (χ1n) is 7.89. The number of carbonyl (C=O) groups excluding carboxylic acids is 1. The van der Waals surface area contributed by atoms with Crippen LogP contribution in [0.2, 0.25) is 5.02 Å². The van der Waals surface area contributed by atoms with Gasteiger partial charge in [-0.05, 0) is 30.2 Å². The summed E-state index contributed by atoms with van der Waals surface area (Å²) in [7, 11) is 0. The first-order chi connectivity index (χ1) is 13.3. The minimum absolute atomic E-state index is 0.292. The van der Waals surface area contributed by atoms with Gasteiger partial charge in [0, 0.05) is 5.02 Å². The summed E-state index contributed by atoms with van der Waals surface area (Å²) in [5, 5.41) is 32.4. The quantitative estimate of drug-likeness (QED) is 0.523. The first-order valence-corrected chi connectivity index (χ1v) is 8.27. The van der Waals surface area contributed by atoms with Gasteiger partial charge in [-0.3, -0.25) is 15.5 Å². The van der Waals surface area contributed by atoms with Gasteiger partial charge in [0.2, 0.25) is 5.71 Å². The highest BCUT2D eigenvalue weighted by Crippen LogP contribution is 2.32. The third kappa shape index (κ3) is 5.07. The number of amides is 2. The van der Waals surface area contributed by atoms with E-state index in [9.17, 15) is 14.9 Å². The Morgan fingerprint density at radius 1 is 1.18 bits per heavy atom. The second-order valence-corrected chi connectivity index (χ2v) is 6.06. The number of benzene rings is 2. The molecule has 0 fully saturated rings. The Hall–Kier alpha value is -3.88. The zero-order chi connectivity index (χ0) is 20.7. The Bertz CT molecular complexity index is 1020. The number of rotatable bonds is 5. The summed E-state index contributed by atoms with van der Waals surface area (Å²) in [4.78, 5) is 21.9. The minimum atomic E-state index is -1.60. The standard InChI is InChI=1S/C19H14ClN5O3/c1-11-2-4-12(5-3-11)15(9-21)14-7-6-13(8-16(14)20)24-25-17(10-22)18(26)23-19(27)28/h2-8,15,24H,1H3,(H,23,26)(H,27,28)/b25-17+. The molecular weight excluding hydrogens is 382 g/mol. The molecule has 28 heavy (non-hydrogen) atoms. The van der Waals surface area contributed by atoms with E-state index in [1.165, 1.54) is 17.5 Å². The van der Waals surface area contributed by atoms with Crippen molar-refractivity contribution in [3.63, 3.8) is 0 Å². The number of imide groups is 1. The van der Waals surface area contributed by atoms with Gasteiger partial charge in [0.15, 0.2) is 0 Å². The molecule has 0 bridgehead atoms. The van der Waals surface area contributed by atoms with Gasteiger partial charge in [0.1, 0.15) is 6.07 Å². The highest BCUT2D eigenvalue weighted by atomic mass is 35.5. The lowest BCUT2D eigenvalue weighted by Crippen LogP contribution is -2.34. The summed E-state index contributed by atoms with van der Waals surface area (Å²) < 4.78 is 0. The van der Waals surface area contributed by atoms with E-state index < -0.39 is 23.6 Å². The van der Waals surface area contributed by atoms with Crippen LogP contribution >= 0.6 is 11.6 Å². The van der Waals surface area contributed by atoms with Crippen LogP contribution in [-0.4, -0.2) is 22.8 Å². The topological polar surface area (TPSA) is 138 Å². The molecular formula is C19H14ClN5O3. The lowest BCUT2D eigenvalue weighted by Gasteiger charge is -2.13. The highest BCUT2D eigenvalue weighted by molar-refractivity contribution is 6.46. The van der Waals surface area contributed by atoms with E-state index in [2.05, 4.69) is 16.6 Å². The molecule has 2 aromatic carbocycles. The number of halogens is 1. The second-order valence-electron chi connectivity index (χ2n) is 5.65. The Labute approximate surface area is 165 Å². The normalized spacial score (nSPS) is 11.6. The fourth-order valence-corrected chi connectivity index (χ4v) is 2.61. The zero-order valence-electron chi connectivity index (χ0n) is 14.6. The molecule has 0 aliphatic heterocycles. The smallest absolute Gasteiger partial charge is 0.411 e. The summed E-state index contributed by atoms with van der Waals surface area (Å²) in [6, 6.07) is 15.9. The lowest BCUT2D eigenvalue weighted by atomic mass is 9.92. The summed E-state index contributed by atoms with van der Waals surface area (Å²) in [6.07, 6.45) is -1.60. The second kappa shape index (κ2) is 9.17. The molecule has 0 aromatic heterocycles. The van der Waals surface area contributed by atoms with Gasteiger partial charge in [-0.1, -0.05) is 47.5 Å². The third-order valence-electron chi connectivity index (χ3n) is 3.69. The van der Waals surface area contributed by atoms with Gasteiger partial charge in [0.05, 0.1) is 17.7 Å². The summed E-state index contributed by atoms with van der Waals surface area (Å²) in [5.74, 6) is -1.73. The molecule has 0 spiro atoms. The number of nitriles is 2. The van der Waals surface area contributed by atoms with Crippen molar-refractivity contribution in [1.29, 1.82) is 10.5 Å². The van der Waals surface area contributed by atoms with Crippen LogP contribution in [0.1, 0.15) is 22.6 Å². The van der Waals surface area contributed by atoms with E-state index in [1.807, 2.05) is 31.2 Å². The van der Waals surface area contributed by atoms with Gasteiger partial charge < -0.3 is 5.11 Å². The average Bonchev–Trinajstić information content (AvgIpc) is 2.65. The number of carbonyl (C=O) groups is 2. The molecule has 140 valence electrons. The number of hydrogen-bond donors (Lipinski definition) is 3. The maximum atomic E-state index is 11.5. The van der Waals surface area contributed by atoms with Crippen LogP contribution in [0.3, 0.4) is 0 Å². The number of anilines is 1. The van der Waals surface area contributed by atoms with Crippen molar-refractivity contribution in [3.05, 3.63) is 64.2 Å². The molecule has 1 atom stereocenters. The van der Waals surface area contributed by atoms with Crippen molar-refractivity contribution in [1.82, 2.24) is 5.32 Å². The molecule has 0 heterocycles. The van der Waals surface area contributed by atoms with Crippen molar-refractivity contribution in [2.24, 2.45) is 5.10 Å². The van der Waals surface area contributed by atoms with Gasteiger partial charge in [-0.2, -0.15) is 15.6 Å². The molecule has 2 rings (SSSR count). The van der Waals surface area contributed by atoms with Gasteiger partial charge in [-0.15, -0.1) is 0 Å². The van der Waals surface area contributed by atoms with Crippen molar-refractivity contribution < 1.29 is 14.7 Å². The molecule has 0 saturated carbocycles. The number of nitrogens with zero attached hydrogens (tertiary/aromatic N) is 3. The maximum absolute atomic E-state index is 11.5. The molecule has 0 aliphatic rings. The van der Waals surface area contributed by atoms with Crippen LogP contribution in [0.5, 0.6) is 0 Å². The van der Waals surface area contributed by atoms with Crippen LogP contribution in [-0.2, 0) is 4.79 Å². The van der Waals surface area contributed by atoms with E-state index in [1.54, 1.807) is 12.1 Å². The fraction of sp³-hybridized carbons (Fsp3) is 0.105. The van der Waals surface area contributed by atoms with Crippen LogP contribution in [0, 0.1) is 29.6 Å². The first kappa shape index (κ1) is 20.4. The van der Waals surface area contributed by atoms with E-state index in [-0.39, 0.29) is 0 Å². The van der Waals surface area contributed by atoms with Crippen molar-refractivity contribution in [2.45, 2.75) is 12.8 Å². The lowest BCUT2D eigenvalue weighted by molar-refractivity contribution is -0.114. The highest BCUT2D eigenvalue weighted by Gasteiger charge is 2.17. The maximum Gasteiger partial charge on any atom is 0.411 e. The predicted molar refractivity (Wildman–Crippen MR) is 103 cm³/mol. The van der Waals surface area contributed by atoms with E-state index >= 15 is 0 Å². The van der Waals surface area contributed by atoms with Gasteiger partial charge in [-0.25, -0.2) is 4.79 Å². The Morgan fingerprint density at radius 3 is 2.39 bits per heavy atom. The molecule has 2 aromatic rings. The molecule has 9 heteroatoms. The fourth-order valence-electron chi connectivity index (χ4n) is 2.32. The molecule has 8 nitrogen and oxygen atoms in total. The average molecular weight is 396 g/mol. The number of aryl methyl sites for hydroxylation is 1. The van der Waals surface area contributed by atoms with E-state index in [4.69, 9.17) is 22.0 Å². The molecule has 2 amide bonds. The van der Waals surface area contributed by atoms with Crippen LogP contribution in [0.15, 0.2) is 47.6 Å². The zero-order valence-corrected chi connectivity index (χ0v) is 15.4. The summed E-state index contributed by atoms with van der Waals surface area (Å²) in [6.45, 7) is 1.95. The summed E-state index contributed by atoms with van der Waals surface area (Å²) >= 11 is 6.30. The van der Waals surface area contributed by atoms with Crippen LogP contribution < -0.4 is 10.7 Å². The largest absolute Gasteiger partial charge is 0.465 e. The minimum Gasteiger partial charge on any atom is -0.465 e. The van der Waals surface area contributed by atoms with E-state index in [0.717, 1.165) is 11.1 Å². The number of hydrazone groups is 1. The Morgan fingerprint density at radius 2 is 1.86 bits per heavy atom. The van der Waals surface area contributed by atoms with Crippen LogP contribution in [0.25, 0.3) is 0 Å². The number of carboxylic acid groups (broad SMARTS) is 1. The third-order valence-corrected chi connectivity index (χ3v) is 4.02. The van der Waals surface area contributed by atoms with Crippen molar-refractivity contribution in [2.75, 3.05) is 5.43 Å². The molecule has 0 aliphatic carbocycles. The summed E-state index contributed by atoms with van der Waals surface area (Å²) in [5.41, 5.74) is 4.61. The van der Waals surface area contributed by atoms with Gasteiger partial charge in [0.25, 0.3) is 5.91 Å². The number of nitrogens with one attached hydrogen (secondary N) is 2. The molecule has 3 N–H and O–H groups in total. The van der Waals surface area contributed by atoms with Crippen LogP contribution in [0.4, 0.5) is 10.5 Å². The van der Waals surface area contributed by atoms with E-state index in [0.29, 0.717) is 16.3 Å². The molecule has 0 radical (unpaired) electrons. The monoisotopic (exact) mass is 395 g/mol. The number of hydrogen-bond acceptors (Lipinski definition) is 6. The molecule has 0 saturated heterocycles. The van der Waals surface area contributed by atoms with Crippen molar-refractivity contribution in [3.8, 4) is 12.1 Å². The molecule has 1 unspecified atom stereocenters. The van der Waals surface area contributed by atoms with Crippen molar-refractivity contribution >= 4 is 35.0 Å². The Kier molecular flexibility index (Phi) is 6.69. The SMILES string of the molecule is Cc1ccc(C(C#N)c2ccc(N/N=C(\C#N)C(=O)NC(=O)O)cc2Cl)cc1. The predicted octanol–water partition coefficient (Wildman–Crippen LogP) is 3.39.